The van der Waals surface area contributed by atoms with Crippen LogP contribution in [0.15, 0.2) is 43.0 Å². The minimum Gasteiger partial charge on any atom is -0.413 e. The molecule has 0 bridgehead atoms. The smallest absolute Gasteiger partial charge is 0.221 e. The van der Waals surface area contributed by atoms with Crippen LogP contribution in [0.3, 0.4) is 0 Å². The maximum absolute atomic E-state index is 6.01. The third-order valence-corrected chi connectivity index (χ3v) is 6.40. The van der Waals surface area contributed by atoms with Gasteiger partial charge in [0.15, 0.2) is 0 Å². The molecule has 1 aromatic carbocycles. The van der Waals surface area contributed by atoms with Crippen molar-refractivity contribution in [2.24, 2.45) is 0 Å². The molecule has 0 fully saturated rings. The Kier molecular flexibility index (Phi) is 4.79. The first-order valence-electron chi connectivity index (χ1n) is 5.53. The van der Waals surface area contributed by atoms with E-state index >= 15 is 0 Å². The quantitative estimate of drug-likeness (QED) is 0.529. The zero-order valence-corrected chi connectivity index (χ0v) is 10.7. The monoisotopic (exact) mass is 220 g/mol. The summed E-state index contributed by atoms with van der Waals surface area (Å²) in [6, 6.07) is 11.7. The van der Waals surface area contributed by atoms with E-state index in [9.17, 15) is 0 Å². The van der Waals surface area contributed by atoms with Crippen molar-refractivity contribution in [3.05, 3.63) is 43.0 Å². The Labute approximate surface area is 93.9 Å². The minimum atomic E-state index is -1.72. The van der Waals surface area contributed by atoms with E-state index in [2.05, 4.69) is 50.4 Å². The largest absolute Gasteiger partial charge is 0.413 e. The van der Waals surface area contributed by atoms with Gasteiger partial charge in [-0.15, -0.1) is 6.58 Å². The molecule has 1 nitrogen and oxygen atoms in total. The number of rotatable bonds is 6. The zero-order valence-electron chi connectivity index (χ0n) is 9.70. The molecule has 0 saturated heterocycles. The molecule has 0 amide bonds. The first-order valence-corrected chi connectivity index (χ1v) is 8.15. The zero-order chi connectivity index (χ0) is 11.1. The first-order chi connectivity index (χ1) is 7.23. The van der Waals surface area contributed by atoms with E-state index in [0.717, 1.165) is 19.1 Å². The molecule has 1 unspecified atom stereocenters. The molecule has 0 aliphatic heterocycles. The molecule has 0 aliphatic rings. The van der Waals surface area contributed by atoms with Gasteiger partial charge in [0.05, 0.1) is 0 Å². The molecule has 2 heteroatoms. The van der Waals surface area contributed by atoms with Crippen molar-refractivity contribution in [2.45, 2.75) is 25.9 Å². The summed E-state index contributed by atoms with van der Waals surface area (Å²) in [6.45, 7) is 8.94. The van der Waals surface area contributed by atoms with Crippen LogP contribution in [0.1, 0.15) is 13.3 Å². The highest BCUT2D eigenvalue weighted by Crippen LogP contribution is 2.14. The van der Waals surface area contributed by atoms with Gasteiger partial charge < -0.3 is 4.43 Å². The highest BCUT2D eigenvalue weighted by Gasteiger charge is 2.29. The molecule has 82 valence electrons. The summed E-state index contributed by atoms with van der Waals surface area (Å²) in [5.41, 5.74) is 0. The lowest BCUT2D eigenvalue weighted by atomic mass is 10.4. The van der Waals surface area contributed by atoms with E-state index in [-0.39, 0.29) is 0 Å². The van der Waals surface area contributed by atoms with Crippen LogP contribution in [-0.2, 0) is 4.43 Å². The highest BCUT2D eigenvalue weighted by atomic mass is 28.4. The highest BCUT2D eigenvalue weighted by molar-refractivity contribution is 6.85. The van der Waals surface area contributed by atoms with Crippen molar-refractivity contribution in [3.63, 3.8) is 0 Å². The summed E-state index contributed by atoms with van der Waals surface area (Å²) in [4.78, 5) is 0. The predicted molar refractivity (Wildman–Crippen MR) is 68.9 cm³/mol. The van der Waals surface area contributed by atoms with Crippen LogP contribution in [0.4, 0.5) is 0 Å². The molecule has 0 spiro atoms. The van der Waals surface area contributed by atoms with Crippen molar-refractivity contribution in [1.29, 1.82) is 0 Å². The summed E-state index contributed by atoms with van der Waals surface area (Å²) < 4.78 is 6.01. The average molecular weight is 220 g/mol. The second-order valence-corrected chi connectivity index (χ2v) is 7.68. The first kappa shape index (κ1) is 12.2. The van der Waals surface area contributed by atoms with Crippen molar-refractivity contribution in [2.75, 3.05) is 6.61 Å². The number of hydrogen-bond acceptors (Lipinski definition) is 1. The summed E-state index contributed by atoms with van der Waals surface area (Å²) in [5.74, 6) is 0. The maximum Gasteiger partial charge on any atom is 0.221 e. The Morgan fingerprint density at radius 3 is 2.53 bits per heavy atom. The molecule has 0 saturated carbocycles. The van der Waals surface area contributed by atoms with E-state index in [1.165, 1.54) is 5.19 Å². The van der Waals surface area contributed by atoms with Gasteiger partial charge in [-0.3, -0.25) is 0 Å². The lowest BCUT2D eigenvalue weighted by molar-refractivity contribution is 0.334. The van der Waals surface area contributed by atoms with Crippen LogP contribution in [0.5, 0.6) is 0 Å². The molecule has 0 aromatic heterocycles. The molecule has 0 N–H and O–H groups in total. The van der Waals surface area contributed by atoms with Crippen LogP contribution in [0, 0.1) is 0 Å². The van der Waals surface area contributed by atoms with Gasteiger partial charge in [0.25, 0.3) is 0 Å². The number of benzene rings is 1. The van der Waals surface area contributed by atoms with Crippen LogP contribution in [-0.4, -0.2) is 14.9 Å². The van der Waals surface area contributed by atoms with E-state index in [1.54, 1.807) is 0 Å². The van der Waals surface area contributed by atoms with Crippen molar-refractivity contribution >= 4 is 13.5 Å². The van der Waals surface area contributed by atoms with E-state index in [1.807, 2.05) is 6.08 Å². The van der Waals surface area contributed by atoms with Crippen LogP contribution in [0.2, 0.25) is 12.6 Å². The molecule has 0 heterocycles. The van der Waals surface area contributed by atoms with Crippen molar-refractivity contribution in [3.8, 4) is 0 Å². The van der Waals surface area contributed by atoms with Crippen LogP contribution >= 0.6 is 0 Å². The van der Waals surface area contributed by atoms with Gasteiger partial charge in [-0.2, -0.15) is 0 Å². The Morgan fingerprint density at radius 2 is 2.00 bits per heavy atom. The van der Waals surface area contributed by atoms with E-state index in [4.69, 9.17) is 4.43 Å². The van der Waals surface area contributed by atoms with Gasteiger partial charge >= 0.3 is 0 Å². The lowest BCUT2D eigenvalue weighted by Crippen LogP contribution is -2.47. The van der Waals surface area contributed by atoms with E-state index < -0.39 is 8.32 Å². The van der Waals surface area contributed by atoms with Gasteiger partial charge in [0, 0.05) is 6.61 Å². The number of allylic oxidation sites excluding steroid dienone is 1. The summed E-state index contributed by atoms with van der Waals surface area (Å²) in [6.07, 6.45) is 3.02. The van der Waals surface area contributed by atoms with Gasteiger partial charge in [-0.05, 0) is 31.1 Å². The summed E-state index contributed by atoms with van der Waals surface area (Å²) in [7, 11) is -1.72. The van der Waals surface area contributed by atoms with Crippen molar-refractivity contribution in [1.82, 2.24) is 0 Å². The van der Waals surface area contributed by atoms with Crippen molar-refractivity contribution < 1.29 is 4.43 Å². The molecule has 1 rings (SSSR count). The molecule has 0 aliphatic carbocycles. The summed E-state index contributed by atoms with van der Waals surface area (Å²) in [5, 5.41) is 1.38. The molecule has 1 atom stereocenters. The second-order valence-electron chi connectivity index (χ2n) is 3.86. The average Bonchev–Trinajstić information content (AvgIpc) is 2.28. The fourth-order valence-electron chi connectivity index (χ4n) is 1.79. The third kappa shape index (κ3) is 3.32. The SMILES string of the molecule is C=CCC[Si](C)(OCC)c1ccccc1. The fraction of sp³-hybridized carbons (Fsp3) is 0.385. The number of hydrogen-bond donors (Lipinski definition) is 0. The lowest BCUT2D eigenvalue weighted by Gasteiger charge is -2.26. The van der Waals surface area contributed by atoms with Crippen LogP contribution < -0.4 is 5.19 Å². The Bertz CT molecular complexity index is 297. The van der Waals surface area contributed by atoms with Crippen LogP contribution in [0.25, 0.3) is 0 Å². The molecule has 1 aromatic rings. The standard InChI is InChI=1S/C13H20OSi/c1-4-6-12-15(3,14-5-2)13-10-8-7-9-11-13/h4,7-11H,1,5-6,12H2,2-3H3. The molecular formula is C13H20OSi. The summed E-state index contributed by atoms with van der Waals surface area (Å²) >= 11 is 0. The topological polar surface area (TPSA) is 9.23 Å². The van der Waals surface area contributed by atoms with Gasteiger partial charge in [0.1, 0.15) is 0 Å². The predicted octanol–water partition coefficient (Wildman–Crippen LogP) is 3.08. The van der Waals surface area contributed by atoms with E-state index in [0.29, 0.717) is 0 Å². The molecule has 15 heavy (non-hydrogen) atoms. The Balaban J connectivity index is 2.85. The maximum atomic E-state index is 6.01. The molecular weight excluding hydrogens is 200 g/mol. The normalized spacial score (nSPS) is 14.5. The Morgan fingerprint density at radius 1 is 1.33 bits per heavy atom. The molecule has 0 radical (unpaired) electrons. The minimum absolute atomic E-state index is 0.800. The second kappa shape index (κ2) is 5.88. The van der Waals surface area contributed by atoms with Gasteiger partial charge in [-0.25, -0.2) is 0 Å². The fourth-order valence-corrected chi connectivity index (χ4v) is 4.68. The van der Waals surface area contributed by atoms with Gasteiger partial charge in [0.2, 0.25) is 8.32 Å². The van der Waals surface area contributed by atoms with Gasteiger partial charge in [-0.1, -0.05) is 36.4 Å². The Hall–Kier alpha value is -0.863. The third-order valence-electron chi connectivity index (χ3n) is 2.67.